The SMILES string of the molecule is CS(=O)(=O)c1ccc(C(CCC2CCCC2)C(=O)Nc2ccccn2)cc1[N+](=O)[O-]. The molecule has 1 fully saturated rings. The number of nitro groups is 1. The number of nitrogens with zero attached hydrogens (tertiary/aromatic N) is 2. The number of benzene rings is 1. The van der Waals surface area contributed by atoms with E-state index in [1.54, 1.807) is 24.4 Å². The Balaban J connectivity index is 1.92. The van der Waals surface area contributed by atoms with E-state index >= 15 is 0 Å². The lowest BCUT2D eigenvalue weighted by Gasteiger charge is -2.19. The number of aromatic nitrogens is 1. The van der Waals surface area contributed by atoms with E-state index in [9.17, 15) is 23.3 Å². The number of sulfone groups is 1. The van der Waals surface area contributed by atoms with Gasteiger partial charge in [0.2, 0.25) is 5.91 Å². The predicted octanol–water partition coefficient (Wildman–Crippen LogP) is 4.09. The topological polar surface area (TPSA) is 119 Å². The molecule has 3 rings (SSSR count). The van der Waals surface area contributed by atoms with Crippen molar-refractivity contribution in [2.75, 3.05) is 11.6 Å². The predicted molar refractivity (Wildman–Crippen MR) is 113 cm³/mol. The third kappa shape index (κ3) is 5.41. The molecule has 30 heavy (non-hydrogen) atoms. The number of hydrogen-bond donors (Lipinski definition) is 1. The highest BCUT2D eigenvalue weighted by atomic mass is 32.2. The molecular formula is C21H25N3O5S. The van der Waals surface area contributed by atoms with Gasteiger partial charge in [-0.25, -0.2) is 13.4 Å². The van der Waals surface area contributed by atoms with E-state index in [2.05, 4.69) is 10.3 Å². The molecule has 1 aromatic heterocycles. The Morgan fingerprint density at radius 3 is 2.60 bits per heavy atom. The molecule has 8 nitrogen and oxygen atoms in total. The van der Waals surface area contributed by atoms with Gasteiger partial charge in [-0.15, -0.1) is 0 Å². The van der Waals surface area contributed by atoms with Crippen molar-refractivity contribution in [2.45, 2.75) is 49.3 Å². The lowest BCUT2D eigenvalue weighted by atomic mass is 9.88. The average Bonchev–Trinajstić information content (AvgIpc) is 3.21. The summed E-state index contributed by atoms with van der Waals surface area (Å²) in [7, 11) is -3.77. The molecule has 1 aliphatic rings. The standard InChI is InChI=1S/C21H25N3O5S/c1-30(28,29)19-12-10-16(14-18(19)24(26)27)17(11-9-15-6-2-3-7-15)21(25)23-20-8-4-5-13-22-20/h4-5,8,10,12-15,17H,2-3,6-7,9,11H2,1H3,(H,22,23,25). The van der Waals surface area contributed by atoms with Crippen LogP contribution in [-0.4, -0.2) is 30.5 Å². The zero-order chi connectivity index (χ0) is 21.7. The fourth-order valence-electron chi connectivity index (χ4n) is 4.01. The normalized spacial score (nSPS) is 15.6. The molecule has 1 atom stereocenters. The van der Waals surface area contributed by atoms with E-state index < -0.39 is 26.4 Å². The smallest absolute Gasteiger partial charge is 0.288 e. The van der Waals surface area contributed by atoms with Crippen molar-refractivity contribution in [3.05, 3.63) is 58.3 Å². The third-order valence-electron chi connectivity index (χ3n) is 5.55. The van der Waals surface area contributed by atoms with E-state index in [1.807, 2.05) is 0 Å². The maximum absolute atomic E-state index is 13.0. The van der Waals surface area contributed by atoms with Gasteiger partial charge in [-0.05, 0) is 42.5 Å². The molecular weight excluding hydrogens is 406 g/mol. The summed E-state index contributed by atoms with van der Waals surface area (Å²) in [5, 5.41) is 14.3. The Hall–Kier alpha value is -2.81. The molecule has 1 N–H and O–H groups in total. The number of rotatable bonds is 8. The molecule has 1 unspecified atom stereocenters. The lowest BCUT2D eigenvalue weighted by molar-refractivity contribution is -0.387. The van der Waals surface area contributed by atoms with Crippen LogP contribution in [-0.2, 0) is 14.6 Å². The Morgan fingerprint density at radius 1 is 1.27 bits per heavy atom. The quantitative estimate of drug-likeness (QED) is 0.497. The molecule has 1 heterocycles. The van der Waals surface area contributed by atoms with Gasteiger partial charge in [-0.2, -0.15) is 0 Å². The molecule has 0 aliphatic heterocycles. The van der Waals surface area contributed by atoms with Crippen molar-refractivity contribution in [1.29, 1.82) is 0 Å². The van der Waals surface area contributed by atoms with Crippen LogP contribution in [0, 0.1) is 16.0 Å². The largest absolute Gasteiger partial charge is 0.310 e. The van der Waals surface area contributed by atoms with Crippen molar-refractivity contribution < 1.29 is 18.1 Å². The summed E-state index contributed by atoms with van der Waals surface area (Å²) in [5.74, 6) is -0.0101. The summed E-state index contributed by atoms with van der Waals surface area (Å²) in [6, 6.07) is 9.09. The van der Waals surface area contributed by atoms with E-state index in [4.69, 9.17) is 0 Å². The van der Waals surface area contributed by atoms with Crippen molar-refractivity contribution >= 4 is 27.2 Å². The molecule has 0 radical (unpaired) electrons. The monoisotopic (exact) mass is 431 g/mol. The zero-order valence-electron chi connectivity index (χ0n) is 16.8. The molecule has 1 amide bonds. The summed E-state index contributed by atoms with van der Waals surface area (Å²) >= 11 is 0. The Labute approximate surface area is 175 Å². The minimum absolute atomic E-state index is 0.312. The highest BCUT2D eigenvalue weighted by Crippen LogP contribution is 2.35. The maximum Gasteiger partial charge on any atom is 0.288 e. The maximum atomic E-state index is 13.0. The van der Waals surface area contributed by atoms with Crippen LogP contribution < -0.4 is 5.32 Å². The molecule has 1 aliphatic carbocycles. The molecule has 2 aromatic rings. The molecule has 160 valence electrons. The van der Waals surface area contributed by atoms with Gasteiger partial charge in [0, 0.05) is 18.5 Å². The van der Waals surface area contributed by atoms with Gasteiger partial charge in [0.25, 0.3) is 5.69 Å². The van der Waals surface area contributed by atoms with Crippen molar-refractivity contribution in [2.24, 2.45) is 5.92 Å². The minimum atomic E-state index is -3.77. The van der Waals surface area contributed by atoms with Crippen LogP contribution in [0.3, 0.4) is 0 Å². The van der Waals surface area contributed by atoms with Crippen molar-refractivity contribution in [3.63, 3.8) is 0 Å². The van der Waals surface area contributed by atoms with Gasteiger partial charge < -0.3 is 5.32 Å². The first-order chi connectivity index (χ1) is 14.3. The van der Waals surface area contributed by atoms with Crippen LogP contribution in [0.5, 0.6) is 0 Å². The highest BCUT2D eigenvalue weighted by Gasteiger charge is 2.28. The van der Waals surface area contributed by atoms with Gasteiger partial charge in [0.1, 0.15) is 10.7 Å². The van der Waals surface area contributed by atoms with Crippen LogP contribution in [0.25, 0.3) is 0 Å². The highest BCUT2D eigenvalue weighted by molar-refractivity contribution is 7.90. The van der Waals surface area contributed by atoms with Crippen molar-refractivity contribution in [3.8, 4) is 0 Å². The summed E-state index contributed by atoms with van der Waals surface area (Å²) in [5.41, 5.74) is -0.0768. The number of hydrogen-bond acceptors (Lipinski definition) is 6. The molecule has 1 aromatic carbocycles. The van der Waals surface area contributed by atoms with Gasteiger partial charge in [-0.1, -0.05) is 37.8 Å². The number of nitrogens with one attached hydrogen (secondary N) is 1. The summed E-state index contributed by atoms with van der Waals surface area (Å²) < 4.78 is 23.8. The van der Waals surface area contributed by atoms with Crippen LogP contribution in [0.15, 0.2) is 47.5 Å². The molecule has 9 heteroatoms. The van der Waals surface area contributed by atoms with E-state index in [1.165, 1.54) is 31.0 Å². The Bertz CT molecular complexity index is 1020. The number of amides is 1. The van der Waals surface area contributed by atoms with Gasteiger partial charge in [0.05, 0.1) is 10.8 Å². The average molecular weight is 432 g/mol. The second-order valence-corrected chi connectivity index (χ2v) is 9.73. The number of carbonyl (C=O) groups is 1. The van der Waals surface area contributed by atoms with Crippen LogP contribution in [0.1, 0.15) is 50.0 Å². The van der Waals surface area contributed by atoms with Crippen molar-refractivity contribution in [1.82, 2.24) is 4.98 Å². The van der Waals surface area contributed by atoms with Crippen LogP contribution in [0.2, 0.25) is 0 Å². The molecule has 0 bridgehead atoms. The number of anilines is 1. The number of pyridine rings is 1. The Morgan fingerprint density at radius 2 is 2.00 bits per heavy atom. The summed E-state index contributed by atoms with van der Waals surface area (Å²) in [6.07, 6.45) is 8.48. The van der Waals surface area contributed by atoms with E-state index in [0.29, 0.717) is 23.7 Å². The molecule has 0 saturated heterocycles. The Kier molecular flexibility index (Phi) is 6.81. The summed E-state index contributed by atoms with van der Waals surface area (Å²) in [6.45, 7) is 0. The zero-order valence-corrected chi connectivity index (χ0v) is 17.6. The first-order valence-electron chi connectivity index (χ1n) is 9.96. The molecule has 1 saturated carbocycles. The van der Waals surface area contributed by atoms with E-state index in [-0.39, 0.29) is 10.8 Å². The lowest BCUT2D eigenvalue weighted by Crippen LogP contribution is -2.22. The van der Waals surface area contributed by atoms with Gasteiger partial charge in [-0.3, -0.25) is 14.9 Å². The molecule has 0 spiro atoms. The van der Waals surface area contributed by atoms with Gasteiger partial charge in [0.15, 0.2) is 9.84 Å². The summed E-state index contributed by atoms with van der Waals surface area (Å²) in [4.78, 5) is 27.6. The number of nitro benzene ring substituents is 1. The first kappa shape index (κ1) is 21.9. The first-order valence-corrected chi connectivity index (χ1v) is 11.8. The van der Waals surface area contributed by atoms with Crippen LogP contribution in [0.4, 0.5) is 11.5 Å². The number of carbonyl (C=O) groups excluding carboxylic acids is 1. The van der Waals surface area contributed by atoms with E-state index in [0.717, 1.165) is 25.5 Å². The fraction of sp³-hybridized carbons (Fsp3) is 0.429. The second-order valence-electron chi connectivity index (χ2n) is 7.74. The fourth-order valence-corrected chi connectivity index (χ4v) is 4.84. The van der Waals surface area contributed by atoms with Gasteiger partial charge >= 0.3 is 0 Å². The second kappa shape index (κ2) is 9.34. The third-order valence-corrected chi connectivity index (χ3v) is 6.70. The van der Waals surface area contributed by atoms with Crippen LogP contribution >= 0.6 is 0 Å². The minimum Gasteiger partial charge on any atom is -0.310 e.